The number of carbonyl (C=O) groups excluding carboxylic acids is 1. The average Bonchev–Trinajstić information content (AvgIpc) is 2.63. The van der Waals surface area contributed by atoms with Crippen LogP contribution in [0, 0.1) is 0 Å². The van der Waals surface area contributed by atoms with E-state index in [4.69, 9.17) is 4.74 Å². The molecule has 3 nitrogen and oxygen atoms in total. The third-order valence-electron chi connectivity index (χ3n) is 2.79. The van der Waals surface area contributed by atoms with E-state index in [1.54, 1.807) is 6.92 Å². The molecule has 80 valence electrons. The number of fused-ring (bicyclic) bond motifs is 1. The van der Waals surface area contributed by atoms with E-state index >= 15 is 0 Å². The Morgan fingerprint density at radius 3 is 3.13 bits per heavy atom. The monoisotopic (exact) mass is 206 g/mol. The van der Waals surface area contributed by atoms with Crippen molar-refractivity contribution in [2.75, 3.05) is 6.61 Å². The van der Waals surface area contributed by atoms with Crippen molar-refractivity contribution < 1.29 is 14.6 Å². The Morgan fingerprint density at radius 2 is 2.40 bits per heavy atom. The largest absolute Gasteiger partial charge is 0.493 e. The molecule has 0 amide bonds. The first kappa shape index (κ1) is 10.2. The summed E-state index contributed by atoms with van der Waals surface area (Å²) in [6.45, 7) is 2.35. The minimum absolute atomic E-state index is 0.118. The summed E-state index contributed by atoms with van der Waals surface area (Å²) in [5.41, 5.74) is 0.817. The SMILES string of the molecule is CC(O)(CC=O)c1ccc2c(c1)CCO2. The third kappa shape index (κ3) is 1.88. The fourth-order valence-corrected chi connectivity index (χ4v) is 1.80. The van der Waals surface area contributed by atoms with Crippen molar-refractivity contribution in [3.05, 3.63) is 29.3 Å². The van der Waals surface area contributed by atoms with Crippen LogP contribution < -0.4 is 4.74 Å². The predicted molar refractivity (Wildman–Crippen MR) is 55.9 cm³/mol. The van der Waals surface area contributed by atoms with Crippen molar-refractivity contribution in [3.8, 4) is 5.75 Å². The molecule has 0 fully saturated rings. The van der Waals surface area contributed by atoms with Gasteiger partial charge in [0.2, 0.25) is 0 Å². The molecule has 0 spiro atoms. The van der Waals surface area contributed by atoms with Gasteiger partial charge in [-0.25, -0.2) is 0 Å². The number of aldehydes is 1. The quantitative estimate of drug-likeness (QED) is 0.761. The van der Waals surface area contributed by atoms with Gasteiger partial charge in [0, 0.05) is 12.8 Å². The maximum atomic E-state index is 10.4. The van der Waals surface area contributed by atoms with Crippen LogP contribution in [0.3, 0.4) is 0 Å². The second-order valence-electron chi connectivity index (χ2n) is 4.07. The molecular weight excluding hydrogens is 192 g/mol. The van der Waals surface area contributed by atoms with Gasteiger partial charge in [-0.15, -0.1) is 0 Å². The van der Waals surface area contributed by atoms with Crippen molar-refractivity contribution in [2.24, 2.45) is 0 Å². The maximum Gasteiger partial charge on any atom is 0.123 e. The number of hydrogen-bond acceptors (Lipinski definition) is 3. The first-order chi connectivity index (χ1) is 7.13. The Labute approximate surface area is 88.7 Å². The molecule has 0 saturated heterocycles. The first-order valence-electron chi connectivity index (χ1n) is 5.06. The Morgan fingerprint density at radius 1 is 1.60 bits per heavy atom. The Hall–Kier alpha value is -1.35. The maximum absolute atomic E-state index is 10.4. The van der Waals surface area contributed by atoms with Gasteiger partial charge in [-0.2, -0.15) is 0 Å². The molecular formula is C12H14O3. The van der Waals surface area contributed by atoms with Crippen LogP contribution in [0.4, 0.5) is 0 Å². The predicted octanol–water partition coefficient (Wildman–Crippen LogP) is 1.42. The summed E-state index contributed by atoms with van der Waals surface area (Å²) in [6.07, 6.45) is 1.73. The van der Waals surface area contributed by atoms with Gasteiger partial charge in [0.05, 0.1) is 12.2 Å². The molecule has 1 aromatic carbocycles. The molecule has 1 aliphatic rings. The summed E-state index contributed by atoms with van der Waals surface area (Å²) in [5.74, 6) is 0.889. The fourth-order valence-electron chi connectivity index (χ4n) is 1.80. The number of aliphatic hydroxyl groups is 1. The minimum Gasteiger partial charge on any atom is -0.493 e. The summed E-state index contributed by atoms with van der Waals surface area (Å²) in [5, 5.41) is 10.0. The smallest absolute Gasteiger partial charge is 0.123 e. The Kier molecular flexibility index (Phi) is 2.49. The van der Waals surface area contributed by atoms with Crippen molar-refractivity contribution in [3.63, 3.8) is 0 Å². The summed E-state index contributed by atoms with van der Waals surface area (Å²) in [6, 6.07) is 5.59. The van der Waals surface area contributed by atoms with Crippen molar-refractivity contribution >= 4 is 6.29 Å². The van der Waals surface area contributed by atoms with Gasteiger partial charge in [-0.3, -0.25) is 0 Å². The number of benzene rings is 1. The second kappa shape index (κ2) is 3.66. The molecule has 0 aliphatic carbocycles. The van der Waals surface area contributed by atoms with E-state index < -0.39 is 5.60 Å². The molecule has 0 bridgehead atoms. The lowest BCUT2D eigenvalue weighted by Gasteiger charge is -2.21. The van der Waals surface area contributed by atoms with Crippen LogP contribution in [0.25, 0.3) is 0 Å². The zero-order chi connectivity index (χ0) is 10.9. The minimum atomic E-state index is -1.07. The zero-order valence-electron chi connectivity index (χ0n) is 8.69. The second-order valence-corrected chi connectivity index (χ2v) is 4.07. The van der Waals surface area contributed by atoms with Gasteiger partial charge in [0.15, 0.2) is 0 Å². The van der Waals surface area contributed by atoms with E-state index in [-0.39, 0.29) is 6.42 Å². The van der Waals surface area contributed by atoms with Gasteiger partial charge in [0.1, 0.15) is 12.0 Å². The van der Waals surface area contributed by atoms with Gasteiger partial charge in [-0.1, -0.05) is 6.07 Å². The van der Waals surface area contributed by atoms with Crippen LogP contribution in [0.15, 0.2) is 18.2 Å². The lowest BCUT2D eigenvalue weighted by atomic mass is 9.91. The fraction of sp³-hybridized carbons (Fsp3) is 0.417. The third-order valence-corrected chi connectivity index (χ3v) is 2.79. The molecule has 1 N–H and O–H groups in total. The molecule has 0 aromatic heterocycles. The topological polar surface area (TPSA) is 46.5 Å². The highest BCUT2D eigenvalue weighted by Crippen LogP contribution is 2.31. The average molecular weight is 206 g/mol. The van der Waals surface area contributed by atoms with Crippen LogP contribution in [-0.4, -0.2) is 18.0 Å². The van der Waals surface area contributed by atoms with E-state index in [0.717, 1.165) is 29.6 Å². The highest BCUT2D eigenvalue weighted by molar-refractivity contribution is 5.53. The van der Waals surface area contributed by atoms with Crippen molar-refractivity contribution in [1.82, 2.24) is 0 Å². The Balaban J connectivity index is 2.33. The highest BCUT2D eigenvalue weighted by Gasteiger charge is 2.24. The molecule has 1 aromatic rings. The zero-order valence-corrected chi connectivity index (χ0v) is 8.69. The number of carbonyl (C=O) groups is 1. The van der Waals surface area contributed by atoms with E-state index in [9.17, 15) is 9.90 Å². The van der Waals surface area contributed by atoms with Gasteiger partial charge in [0.25, 0.3) is 0 Å². The summed E-state index contributed by atoms with van der Waals surface area (Å²) in [7, 11) is 0. The lowest BCUT2D eigenvalue weighted by Crippen LogP contribution is -2.21. The first-order valence-corrected chi connectivity index (χ1v) is 5.06. The van der Waals surface area contributed by atoms with Crippen LogP contribution in [0.1, 0.15) is 24.5 Å². The summed E-state index contributed by atoms with van der Waals surface area (Å²) >= 11 is 0. The van der Waals surface area contributed by atoms with Gasteiger partial charge >= 0.3 is 0 Å². The molecule has 1 unspecified atom stereocenters. The molecule has 2 rings (SSSR count). The molecule has 15 heavy (non-hydrogen) atoms. The summed E-state index contributed by atoms with van der Waals surface area (Å²) in [4.78, 5) is 10.4. The number of ether oxygens (including phenoxy) is 1. The molecule has 1 heterocycles. The summed E-state index contributed by atoms with van der Waals surface area (Å²) < 4.78 is 5.37. The normalized spacial score (nSPS) is 17.7. The number of rotatable bonds is 3. The Bertz CT molecular complexity index is 382. The number of hydrogen-bond donors (Lipinski definition) is 1. The molecule has 0 saturated carbocycles. The van der Waals surface area contributed by atoms with E-state index in [1.165, 1.54) is 0 Å². The van der Waals surface area contributed by atoms with E-state index in [2.05, 4.69) is 0 Å². The van der Waals surface area contributed by atoms with Crippen LogP contribution >= 0.6 is 0 Å². The molecule has 3 heteroatoms. The van der Waals surface area contributed by atoms with Crippen molar-refractivity contribution in [2.45, 2.75) is 25.4 Å². The van der Waals surface area contributed by atoms with Crippen molar-refractivity contribution in [1.29, 1.82) is 0 Å². The highest BCUT2D eigenvalue weighted by atomic mass is 16.5. The molecule has 1 atom stereocenters. The van der Waals surface area contributed by atoms with E-state index in [1.807, 2.05) is 18.2 Å². The molecule has 1 aliphatic heterocycles. The van der Waals surface area contributed by atoms with Crippen LogP contribution in [-0.2, 0) is 16.8 Å². The molecule has 0 radical (unpaired) electrons. The standard InChI is InChI=1S/C12H14O3/c1-12(14,5-6-13)10-2-3-11-9(8-10)4-7-15-11/h2-3,6,8,14H,4-5,7H2,1H3. The van der Waals surface area contributed by atoms with Crippen LogP contribution in [0.2, 0.25) is 0 Å². The van der Waals surface area contributed by atoms with Gasteiger partial charge in [-0.05, 0) is 30.2 Å². The van der Waals surface area contributed by atoms with E-state index in [0.29, 0.717) is 6.61 Å². The van der Waals surface area contributed by atoms with Crippen LogP contribution in [0.5, 0.6) is 5.75 Å². The van der Waals surface area contributed by atoms with Gasteiger partial charge < -0.3 is 14.6 Å². The lowest BCUT2D eigenvalue weighted by molar-refractivity contribution is -0.112.